The van der Waals surface area contributed by atoms with Crippen molar-refractivity contribution in [3.63, 3.8) is 0 Å². The first-order chi connectivity index (χ1) is 12.2. The fourth-order valence-electron chi connectivity index (χ4n) is 3.69. The second-order valence-corrected chi connectivity index (χ2v) is 7.29. The lowest BCUT2D eigenvalue weighted by Gasteiger charge is -2.30. The fourth-order valence-corrected chi connectivity index (χ4v) is 3.69. The minimum Gasteiger partial charge on any atom is -0.361 e. The summed E-state index contributed by atoms with van der Waals surface area (Å²) in [4.78, 5) is 30.5. The van der Waals surface area contributed by atoms with Gasteiger partial charge in [-0.25, -0.2) is 0 Å². The van der Waals surface area contributed by atoms with Gasteiger partial charge < -0.3 is 15.2 Å². The molecule has 0 unspecified atom stereocenters. The average molecular weight is 339 g/mol. The zero-order chi connectivity index (χ0) is 17.2. The van der Waals surface area contributed by atoms with E-state index in [1.807, 2.05) is 29.3 Å². The topological polar surface area (TPSA) is 65.2 Å². The number of nitrogens with one attached hydrogen (secondary N) is 2. The van der Waals surface area contributed by atoms with Crippen molar-refractivity contribution < 1.29 is 9.59 Å². The number of para-hydroxylation sites is 1. The van der Waals surface area contributed by atoms with E-state index in [0.717, 1.165) is 55.2 Å². The SMILES string of the molecule is O=C(N[C@@H](Cc1c[nH]c2ccccc12)C(=O)N1CCCCC1)C1CC1. The van der Waals surface area contributed by atoms with Gasteiger partial charge in [0.1, 0.15) is 6.04 Å². The first-order valence-electron chi connectivity index (χ1n) is 9.36. The molecule has 132 valence electrons. The Kier molecular flexibility index (Phi) is 4.47. The van der Waals surface area contributed by atoms with E-state index in [0.29, 0.717) is 6.42 Å². The number of fused-ring (bicyclic) bond motifs is 1. The van der Waals surface area contributed by atoms with Crippen molar-refractivity contribution in [1.82, 2.24) is 15.2 Å². The van der Waals surface area contributed by atoms with Crippen LogP contribution in [0, 0.1) is 5.92 Å². The molecule has 4 rings (SSSR count). The number of benzene rings is 1. The van der Waals surface area contributed by atoms with Gasteiger partial charge in [-0.3, -0.25) is 9.59 Å². The van der Waals surface area contributed by atoms with Gasteiger partial charge in [0.2, 0.25) is 11.8 Å². The maximum Gasteiger partial charge on any atom is 0.245 e. The number of nitrogens with zero attached hydrogens (tertiary/aromatic N) is 1. The molecule has 2 aromatic rings. The second kappa shape index (κ2) is 6.90. The lowest BCUT2D eigenvalue weighted by atomic mass is 10.0. The van der Waals surface area contributed by atoms with Gasteiger partial charge in [-0.15, -0.1) is 0 Å². The molecule has 2 aliphatic rings. The Morgan fingerprint density at radius 2 is 1.92 bits per heavy atom. The molecule has 0 radical (unpaired) electrons. The third kappa shape index (κ3) is 3.55. The number of hydrogen-bond donors (Lipinski definition) is 2. The standard InChI is InChI=1S/C20H25N3O2/c24-19(14-8-9-14)22-18(20(25)23-10-4-1-5-11-23)12-15-13-21-17-7-3-2-6-16(15)17/h2-3,6-7,13-14,18,21H,1,4-5,8-12H2,(H,22,24)/t18-/m0/s1. The molecular formula is C20H25N3O2. The molecule has 1 saturated carbocycles. The van der Waals surface area contributed by atoms with Gasteiger partial charge >= 0.3 is 0 Å². The third-order valence-corrected chi connectivity index (χ3v) is 5.33. The third-order valence-electron chi connectivity index (χ3n) is 5.33. The predicted molar refractivity (Wildman–Crippen MR) is 97.1 cm³/mol. The van der Waals surface area contributed by atoms with E-state index < -0.39 is 6.04 Å². The number of aromatic amines is 1. The molecule has 2 fully saturated rings. The summed E-state index contributed by atoms with van der Waals surface area (Å²) in [5.41, 5.74) is 2.15. The van der Waals surface area contributed by atoms with E-state index in [1.54, 1.807) is 0 Å². The first kappa shape index (κ1) is 16.2. The van der Waals surface area contributed by atoms with Crippen LogP contribution in [0.1, 0.15) is 37.7 Å². The first-order valence-corrected chi connectivity index (χ1v) is 9.36. The van der Waals surface area contributed by atoms with E-state index in [2.05, 4.69) is 16.4 Å². The van der Waals surface area contributed by atoms with E-state index in [9.17, 15) is 9.59 Å². The van der Waals surface area contributed by atoms with Gasteiger partial charge in [-0.2, -0.15) is 0 Å². The summed E-state index contributed by atoms with van der Waals surface area (Å²) in [6.07, 6.45) is 7.70. The lowest BCUT2D eigenvalue weighted by molar-refractivity contribution is -0.137. The smallest absolute Gasteiger partial charge is 0.245 e. The molecule has 5 heteroatoms. The fraction of sp³-hybridized carbons (Fsp3) is 0.500. The number of piperidine rings is 1. The van der Waals surface area contributed by atoms with Crippen molar-refractivity contribution in [2.45, 2.75) is 44.6 Å². The maximum absolute atomic E-state index is 13.0. The number of aromatic nitrogens is 1. The molecule has 2 amide bonds. The Bertz CT molecular complexity index is 772. The molecule has 5 nitrogen and oxygen atoms in total. The number of likely N-dealkylation sites (tertiary alicyclic amines) is 1. The van der Waals surface area contributed by atoms with Crippen molar-refractivity contribution >= 4 is 22.7 Å². The molecule has 1 saturated heterocycles. The number of rotatable bonds is 5. The molecule has 2 N–H and O–H groups in total. The molecule has 1 aliphatic carbocycles. The van der Waals surface area contributed by atoms with Crippen molar-refractivity contribution in [2.24, 2.45) is 5.92 Å². The Morgan fingerprint density at radius 3 is 2.68 bits per heavy atom. The predicted octanol–water partition coefficient (Wildman–Crippen LogP) is 2.62. The Labute approximate surface area is 147 Å². The summed E-state index contributed by atoms with van der Waals surface area (Å²) < 4.78 is 0. The van der Waals surface area contributed by atoms with Crippen LogP contribution in [-0.4, -0.2) is 40.8 Å². The molecule has 1 atom stereocenters. The molecule has 1 aromatic carbocycles. The van der Waals surface area contributed by atoms with Crippen LogP contribution < -0.4 is 5.32 Å². The van der Waals surface area contributed by atoms with Crippen LogP contribution in [0.2, 0.25) is 0 Å². The second-order valence-electron chi connectivity index (χ2n) is 7.29. The molecule has 1 aromatic heterocycles. The van der Waals surface area contributed by atoms with Crippen molar-refractivity contribution in [3.05, 3.63) is 36.0 Å². The number of H-pyrrole nitrogens is 1. The van der Waals surface area contributed by atoms with Gasteiger partial charge in [-0.1, -0.05) is 18.2 Å². The highest BCUT2D eigenvalue weighted by atomic mass is 16.2. The zero-order valence-electron chi connectivity index (χ0n) is 14.5. The van der Waals surface area contributed by atoms with Crippen molar-refractivity contribution in [2.75, 3.05) is 13.1 Å². The van der Waals surface area contributed by atoms with Crippen LogP contribution in [0.15, 0.2) is 30.5 Å². The van der Waals surface area contributed by atoms with Gasteiger partial charge in [0, 0.05) is 42.5 Å². The summed E-state index contributed by atoms with van der Waals surface area (Å²) in [7, 11) is 0. The van der Waals surface area contributed by atoms with E-state index in [4.69, 9.17) is 0 Å². The molecule has 0 spiro atoms. The Balaban J connectivity index is 1.55. The maximum atomic E-state index is 13.0. The highest BCUT2D eigenvalue weighted by molar-refractivity contribution is 5.91. The largest absolute Gasteiger partial charge is 0.361 e. The summed E-state index contributed by atoms with van der Waals surface area (Å²) in [5, 5.41) is 4.16. The van der Waals surface area contributed by atoms with Crippen molar-refractivity contribution in [3.8, 4) is 0 Å². The minimum absolute atomic E-state index is 0.0372. The Morgan fingerprint density at radius 1 is 1.16 bits per heavy atom. The molecule has 0 bridgehead atoms. The normalized spacial score (nSPS) is 19.0. The highest BCUT2D eigenvalue weighted by Gasteiger charge is 2.34. The van der Waals surface area contributed by atoms with Crippen LogP contribution >= 0.6 is 0 Å². The van der Waals surface area contributed by atoms with E-state index >= 15 is 0 Å². The summed E-state index contributed by atoms with van der Waals surface area (Å²) in [6, 6.07) is 7.62. The highest BCUT2D eigenvalue weighted by Crippen LogP contribution is 2.29. The number of hydrogen-bond acceptors (Lipinski definition) is 2. The lowest BCUT2D eigenvalue weighted by Crippen LogP contribution is -2.51. The van der Waals surface area contributed by atoms with E-state index in [1.165, 1.54) is 6.42 Å². The van der Waals surface area contributed by atoms with Crippen LogP contribution in [0.5, 0.6) is 0 Å². The van der Waals surface area contributed by atoms with Gasteiger partial charge in [0.25, 0.3) is 0 Å². The van der Waals surface area contributed by atoms with Crippen LogP contribution in [0.25, 0.3) is 10.9 Å². The van der Waals surface area contributed by atoms with Crippen LogP contribution in [0.3, 0.4) is 0 Å². The molecule has 25 heavy (non-hydrogen) atoms. The van der Waals surface area contributed by atoms with Crippen LogP contribution in [0.4, 0.5) is 0 Å². The van der Waals surface area contributed by atoms with Gasteiger partial charge in [-0.05, 0) is 43.7 Å². The van der Waals surface area contributed by atoms with E-state index in [-0.39, 0.29) is 17.7 Å². The number of carbonyl (C=O) groups is 2. The van der Waals surface area contributed by atoms with Gasteiger partial charge in [0.05, 0.1) is 0 Å². The molecular weight excluding hydrogens is 314 g/mol. The monoisotopic (exact) mass is 339 g/mol. The number of carbonyl (C=O) groups excluding carboxylic acids is 2. The molecule has 2 heterocycles. The summed E-state index contributed by atoms with van der Waals surface area (Å²) in [6.45, 7) is 1.62. The zero-order valence-corrected chi connectivity index (χ0v) is 14.5. The minimum atomic E-state index is -0.467. The Hall–Kier alpha value is -2.30. The van der Waals surface area contributed by atoms with Gasteiger partial charge in [0.15, 0.2) is 0 Å². The summed E-state index contributed by atoms with van der Waals surface area (Å²) in [5.74, 6) is 0.216. The van der Waals surface area contributed by atoms with Crippen LogP contribution in [-0.2, 0) is 16.0 Å². The average Bonchev–Trinajstić information content (AvgIpc) is 3.43. The number of amides is 2. The summed E-state index contributed by atoms with van der Waals surface area (Å²) >= 11 is 0. The quantitative estimate of drug-likeness (QED) is 0.879. The molecule has 1 aliphatic heterocycles. The van der Waals surface area contributed by atoms with Crippen molar-refractivity contribution in [1.29, 1.82) is 0 Å².